The number of amides is 1. The number of hydrogen-bond donors (Lipinski definition) is 3. The third-order valence-corrected chi connectivity index (χ3v) is 4.58. The van der Waals surface area contributed by atoms with Gasteiger partial charge >= 0.3 is 0 Å². The first-order valence-electron chi connectivity index (χ1n) is 7.26. The Kier molecular flexibility index (Phi) is 4.89. The molecule has 3 aromatic rings. The van der Waals surface area contributed by atoms with Crippen LogP contribution < -0.4 is 10.3 Å². The number of sulfonamides is 1. The molecule has 6 nitrogen and oxygen atoms in total. The smallest absolute Gasteiger partial charge is 0.268 e. The number of benzene rings is 2. The Morgan fingerprint density at radius 3 is 2.56 bits per heavy atom. The minimum atomic E-state index is -3.83. The third kappa shape index (κ3) is 4.27. The van der Waals surface area contributed by atoms with E-state index in [2.05, 4.69) is 10.4 Å². The minimum Gasteiger partial charge on any atom is -0.360 e. The van der Waals surface area contributed by atoms with E-state index >= 15 is 0 Å². The van der Waals surface area contributed by atoms with Gasteiger partial charge in [0.15, 0.2) is 0 Å². The molecule has 0 aliphatic carbocycles. The molecule has 0 saturated heterocycles. The molecule has 0 spiro atoms. The summed E-state index contributed by atoms with van der Waals surface area (Å²) in [7, 11) is -3.83. The number of aromatic amines is 1. The van der Waals surface area contributed by atoms with E-state index in [-0.39, 0.29) is 0 Å². The molecule has 0 fully saturated rings. The van der Waals surface area contributed by atoms with Gasteiger partial charge in [0.05, 0.1) is 5.56 Å². The molecule has 3 rings (SSSR count). The Morgan fingerprint density at radius 1 is 1.08 bits per heavy atom. The van der Waals surface area contributed by atoms with E-state index in [0.717, 1.165) is 10.9 Å². The van der Waals surface area contributed by atoms with Crippen molar-refractivity contribution in [3.63, 3.8) is 0 Å². The van der Waals surface area contributed by atoms with Crippen LogP contribution in [0.25, 0.3) is 17.0 Å². The average Bonchev–Trinajstić information content (AvgIpc) is 3.03. The van der Waals surface area contributed by atoms with E-state index < -0.39 is 15.9 Å². The van der Waals surface area contributed by atoms with Crippen LogP contribution in [-0.4, -0.2) is 19.3 Å². The van der Waals surface area contributed by atoms with E-state index in [0.29, 0.717) is 21.5 Å². The van der Waals surface area contributed by atoms with Crippen LogP contribution in [0.4, 0.5) is 0 Å². The highest BCUT2D eigenvalue weighted by Crippen LogP contribution is 2.17. The summed E-state index contributed by atoms with van der Waals surface area (Å²) < 4.78 is 23.9. The molecule has 3 N–H and O–H groups in total. The molecule has 1 aromatic heterocycles. The SMILES string of the molecule is O=C(NNS(=O)(=O)/C=C/c1ccc(Cl)cc1)c1c[nH]c2ccccc12. The van der Waals surface area contributed by atoms with Crippen LogP contribution in [0.2, 0.25) is 5.02 Å². The first-order valence-corrected chi connectivity index (χ1v) is 9.19. The van der Waals surface area contributed by atoms with E-state index in [1.807, 2.05) is 17.0 Å². The molecule has 0 bridgehead atoms. The van der Waals surface area contributed by atoms with Gasteiger partial charge in [-0.15, -0.1) is 4.83 Å². The Morgan fingerprint density at radius 2 is 1.80 bits per heavy atom. The number of halogens is 1. The fraction of sp³-hybridized carbons (Fsp3) is 0. The first kappa shape index (κ1) is 17.2. The lowest BCUT2D eigenvalue weighted by atomic mass is 10.2. The molecule has 0 aliphatic heterocycles. The number of hydrazine groups is 1. The number of carbonyl (C=O) groups is 1. The summed E-state index contributed by atoms with van der Waals surface area (Å²) in [4.78, 5) is 17.2. The number of H-pyrrole nitrogens is 1. The monoisotopic (exact) mass is 375 g/mol. The predicted octanol–water partition coefficient (Wildman–Crippen LogP) is 3.06. The maximum absolute atomic E-state index is 12.2. The number of nitrogens with one attached hydrogen (secondary N) is 3. The van der Waals surface area contributed by atoms with Crippen LogP contribution in [-0.2, 0) is 10.0 Å². The van der Waals surface area contributed by atoms with Gasteiger partial charge in [0.2, 0.25) is 0 Å². The minimum absolute atomic E-state index is 0.347. The second kappa shape index (κ2) is 7.10. The lowest BCUT2D eigenvalue weighted by molar-refractivity contribution is 0.0947. The highest BCUT2D eigenvalue weighted by atomic mass is 35.5. The Bertz CT molecular complexity index is 1040. The highest BCUT2D eigenvalue weighted by molar-refractivity contribution is 7.92. The summed E-state index contributed by atoms with van der Waals surface area (Å²) in [5.74, 6) is -0.555. The molecule has 0 aliphatic rings. The second-order valence-corrected chi connectivity index (χ2v) is 7.21. The molecule has 0 saturated carbocycles. The van der Waals surface area contributed by atoms with Crippen molar-refractivity contribution in [2.24, 2.45) is 0 Å². The first-order chi connectivity index (χ1) is 11.9. The van der Waals surface area contributed by atoms with Gasteiger partial charge in [0, 0.05) is 27.5 Å². The largest absolute Gasteiger partial charge is 0.360 e. The lowest BCUT2D eigenvalue weighted by Crippen LogP contribution is -2.40. The van der Waals surface area contributed by atoms with Gasteiger partial charge in [-0.05, 0) is 29.8 Å². The molecule has 128 valence electrons. The van der Waals surface area contributed by atoms with Crippen molar-refractivity contribution in [2.45, 2.75) is 0 Å². The van der Waals surface area contributed by atoms with Crippen LogP contribution in [0, 0.1) is 0 Å². The summed E-state index contributed by atoms with van der Waals surface area (Å²) in [6.45, 7) is 0. The van der Waals surface area contributed by atoms with Crippen LogP contribution in [0.3, 0.4) is 0 Å². The zero-order valence-corrected chi connectivity index (χ0v) is 14.4. The van der Waals surface area contributed by atoms with Crippen molar-refractivity contribution in [1.82, 2.24) is 15.2 Å². The van der Waals surface area contributed by atoms with Crippen molar-refractivity contribution in [2.75, 3.05) is 0 Å². The maximum atomic E-state index is 12.2. The normalized spacial score (nSPS) is 11.9. The van der Waals surface area contributed by atoms with Crippen molar-refractivity contribution in [3.05, 3.63) is 76.3 Å². The Balaban J connectivity index is 1.67. The van der Waals surface area contributed by atoms with Crippen molar-refractivity contribution < 1.29 is 13.2 Å². The van der Waals surface area contributed by atoms with Gasteiger partial charge in [0.25, 0.3) is 15.9 Å². The topological polar surface area (TPSA) is 91.1 Å². The van der Waals surface area contributed by atoms with Gasteiger partial charge in [0.1, 0.15) is 0 Å². The van der Waals surface area contributed by atoms with Crippen LogP contribution in [0.1, 0.15) is 15.9 Å². The number of aromatic nitrogens is 1. The molecular weight excluding hydrogens is 362 g/mol. The van der Waals surface area contributed by atoms with Crippen LogP contribution >= 0.6 is 11.6 Å². The molecule has 0 radical (unpaired) electrons. The van der Waals surface area contributed by atoms with E-state index in [9.17, 15) is 13.2 Å². The summed E-state index contributed by atoms with van der Waals surface area (Å²) in [5.41, 5.74) is 4.00. The molecule has 0 unspecified atom stereocenters. The zero-order valence-electron chi connectivity index (χ0n) is 12.9. The summed E-state index contributed by atoms with van der Waals surface area (Å²) in [6, 6.07) is 13.9. The molecule has 1 amide bonds. The lowest BCUT2D eigenvalue weighted by Gasteiger charge is -2.05. The highest BCUT2D eigenvalue weighted by Gasteiger charge is 2.13. The van der Waals surface area contributed by atoms with E-state index in [1.165, 1.54) is 12.3 Å². The van der Waals surface area contributed by atoms with Gasteiger partial charge in [-0.2, -0.15) is 0 Å². The zero-order chi connectivity index (χ0) is 17.9. The number of rotatable bonds is 5. The molecular formula is C17H14ClN3O3S. The van der Waals surface area contributed by atoms with Gasteiger partial charge in [-0.1, -0.05) is 41.9 Å². The summed E-state index contributed by atoms with van der Waals surface area (Å²) in [6.07, 6.45) is 2.92. The standard InChI is InChI=1S/C17H14ClN3O3S/c18-13-7-5-12(6-8-13)9-10-25(23,24)21-20-17(22)15-11-19-16-4-2-1-3-14(15)16/h1-11,19,21H,(H,20,22)/b10-9+. The second-order valence-electron chi connectivity index (χ2n) is 5.20. The fourth-order valence-corrected chi connectivity index (χ4v) is 2.99. The van der Waals surface area contributed by atoms with Crippen molar-refractivity contribution >= 4 is 44.5 Å². The summed E-state index contributed by atoms with van der Waals surface area (Å²) in [5, 5.41) is 2.23. The van der Waals surface area contributed by atoms with Crippen LogP contribution in [0.15, 0.2) is 60.1 Å². The van der Waals surface area contributed by atoms with E-state index in [1.54, 1.807) is 36.4 Å². The predicted molar refractivity (Wildman–Crippen MR) is 98.3 cm³/mol. The van der Waals surface area contributed by atoms with E-state index in [4.69, 9.17) is 11.6 Å². The number of fused-ring (bicyclic) bond motifs is 1. The Labute approximate surface area is 149 Å². The van der Waals surface area contributed by atoms with Crippen LogP contribution in [0.5, 0.6) is 0 Å². The maximum Gasteiger partial charge on any atom is 0.268 e. The van der Waals surface area contributed by atoms with Crippen molar-refractivity contribution in [1.29, 1.82) is 0 Å². The average molecular weight is 376 g/mol. The molecule has 8 heteroatoms. The fourth-order valence-electron chi connectivity index (χ4n) is 2.22. The number of carbonyl (C=O) groups excluding carboxylic acids is 1. The third-order valence-electron chi connectivity index (χ3n) is 3.45. The van der Waals surface area contributed by atoms with Gasteiger partial charge in [-0.25, -0.2) is 8.42 Å². The van der Waals surface area contributed by atoms with Crippen molar-refractivity contribution in [3.8, 4) is 0 Å². The molecule has 1 heterocycles. The van der Waals surface area contributed by atoms with Gasteiger partial charge < -0.3 is 4.98 Å². The summed E-state index contributed by atoms with van der Waals surface area (Å²) >= 11 is 5.77. The quantitative estimate of drug-likeness (QED) is 0.598. The molecule has 2 aromatic carbocycles. The number of hydrogen-bond acceptors (Lipinski definition) is 3. The molecule has 0 atom stereocenters. The number of para-hydroxylation sites is 1. The molecule has 25 heavy (non-hydrogen) atoms. The Hall–Kier alpha value is -2.61. The van der Waals surface area contributed by atoms with Gasteiger partial charge in [-0.3, -0.25) is 10.2 Å².